The molecule has 2 amide bonds. The number of amides is 2. The highest BCUT2D eigenvalue weighted by Crippen LogP contribution is 2.16. The van der Waals surface area contributed by atoms with Crippen molar-refractivity contribution >= 4 is 17.4 Å². The molecule has 1 N–H and O–H groups in total. The highest BCUT2D eigenvalue weighted by atomic mass is 16.6. The average molecular weight is 376 g/mol. The van der Waals surface area contributed by atoms with E-state index >= 15 is 0 Å². The van der Waals surface area contributed by atoms with Gasteiger partial charge in [0.1, 0.15) is 0 Å². The molecule has 28 heavy (non-hydrogen) atoms. The van der Waals surface area contributed by atoms with Crippen LogP contribution in [-0.4, -0.2) is 27.4 Å². The molecule has 0 atom stereocenters. The molecule has 0 fully saturated rings. The molecule has 0 unspecified atom stereocenters. The molecule has 1 aromatic heterocycles. The molecule has 0 saturated heterocycles. The third-order valence-corrected chi connectivity index (χ3v) is 4.20. The van der Waals surface area contributed by atoms with Crippen LogP contribution >= 0.6 is 0 Å². The fraction of sp³-hybridized carbons (Fsp3) is 0.143. The van der Waals surface area contributed by atoms with Crippen LogP contribution in [0.1, 0.15) is 11.3 Å². The Balaban J connectivity index is 1.70. The van der Waals surface area contributed by atoms with Gasteiger partial charge in [-0.25, -0.2) is 4.79 Å². The second-order valence-electron chi connectivity index (χ2n) is 6.21. The lowest BCUT2D eigenvalue weighted by Crippen LogP contribution is -2.36. The molecule has 1 heterocycles. The summed E-state index contributed by atoms with van der Waals surface area (Å²) in [5, 5.41) is 13.6. The quantitative estimate of drug-likeness (QED) is 0.493. The summed E-state index contributed by atoms with van der Waals surface area (Å²) in [4.78, 5) is 29.1. The Bertz CT molecular complexity index is 915. The molecule has 0 radical (unpaired) electrons. The number of non-ortho nitro benzene ring substituents is 1. The van der Waals surface area contributed by atoms with E-state index in [1.54, 1.807) is 11.1 Å². The number of anilines is 1. The van der Waals surface area contributed by atoms with Crippen molar-refractivity contribution < 1.29 is 9.72 Å². The minimum atomic E-state index is -0.472. The third-order valence-electron chi connectivity index (χ3n) is 4.20. The van der Waals surface area contributed by atoms with Gasteiger partial charge in [0.2, 0.25) is 0 Å². The monoisotopic (exact) mass is 376 g/mol. The highest BCUT2D eigenvalue weighted by Gasteiger charge is 2.15. The zero-order chi connectivity index (χ0) is 19.8. The van der Waals surface area contributed by atoms with E-state index in [2.05, 4.69) is 10.3 Å². The molecule has 7 nitrogen and oxygen atoms in total. The number of nitrogens with one attached hydrogen (secondary N) is 1. The fourth-order valence-electron chi connectivity index (χ4n) is 2.72. The van der Waals surface area contributed by atoms with Gasteiger partial charge >= 0.3 is 6.03 Å². The lowest BCUT2D eigenvalue weighted by Gasteiger charge is -2.23. The summed E-state index contributed by atoms with van der Waals surface area (Å²) in [7, 11) is 0. The van der Waals surface area contributed by atoms with E-state index in [9.17, 15) is 14.9 Å². The Kier molecular flexibility index (Phi) is 6.30. The molecule has 0 aliphatic rings. The Morgan fingerprint density at radius 1 is 1.00 bits per heavy atom. The van der Waals surface area contributed by atoms with Gasteiger partial charge in [-0.15, -0.1) is 0 Å². The maximum atomic E-state index is 12.8. The first kappa shape index (κ1) is 19.0. The largest absolute Gasteiger partial charge is 0.322 e. The molecule has 3 rings (SSSR count). The number of nitro groups is 1. The molecule has 0 aliphatic carbocycles. The Labute approximate surface area is 162 Å². The van der Waals surface area contributed by atoms with Crippen LogP contribution in [0.25, 0.3) is 0 Å². The maximum absolute atomic E-state index is 12.8. The zero-order valence-electron chi connectivity index (χ0n) is 15.2. The summed E-state index contributed by atoms with van der Waals surface area (Å²) in [6, 6.07) is 20.9. The molecule has 0 bridgehead atoms. The van der Waals surface area contributed by atoms with Crippen LogP contribution in [0.5, 0.6) is 0 Å². The van der Waals surface area contributed by atoms with Crippen molar-refractivity contribution in [2.24, 2.45) is 0 Å². The first-order chi connectivity index (χ1) is 13.6. The third kappa shape index (κ3) is 5.38. The van der Waals surface area contributed by atoms with Crippen LogP contribution < -0.4 is 5.32 Å². The number of carbonyl (C=O) groups excluding carboxylic acids is 1. The van der Waals surface area contributed by atoms with Gasteiger partial charge in [-0.2, -0.15) is 0 Å². The second kappa shape index (κ2) is 9.27. The van der Waals surface area contributed by atoms with Gasteiger partial charge in [-0.05, 0) is 29.8 Å². The number of nitrogens with zero attached hydrogens (tertiary/aromatic N) is 3. The van der Waals surface area contributed by atoms with Gasteiger partial charge < -0.3 is 10.2 Å². The summed E-state index contributed by atoms with van der Waals surface area (Å²) >= 11 is 0. The standard InChI is InChI=1S/C21H20N4O3/c26-21(23-19-9-11-20(12-10-19)25(27)28)24(16-17-6-2-1-3-7-17)15-13-18-8-4-5-14-22-18/h1-12,14H,13,15-16H2,(H,23,26). The Morgan fingerprint density at radius 2 is 1.71 bits per heavy atom. The van der Waals surface area contributed by atoms with Gasteiger partial charge in [-0.1, -0.05) is 36.4 Å². The minimum absolute atomic E-state index is 0.0192. The molecule has 0 saturated carbocycles. The summed E-state index contributed by atoms with van der Waals surface area (Å²) in [5.41, 5.74) is 2.41. The second-order valence-corrected chi connectivity index (χ2v) is 6.21. The van der Waals surface area contributed by atoms with Crippen molar-refractivity contribution in [3.05, 3.63) is 100 Å². The first-order valence-electron chi connectivity index (χ1n) is 8.86. The molecule has 7 heteroatoms. The maximum Gasteiger partial charge on any atom is 0.322 e. The average Bonchev–Trinajstić information content (AvgIpc) is 2.73. The predicted molar refractivity (Wildman–Crippen MR) is 107 cm³/mol. The van der Waals surface area contributed by atoms with Crippen molar-refractivity contribution in [3.8, 4) is 0 Å². The van der Waals surface area contributed by atoms with Gasteiger partial charge in [0.15, 0.2) is 0 Å². The van der Waals surface area contributed by atoms with Gasteiger partial charge in [0.05, 0.1) is 4.92 Å². The number of hydrogen-bond acceptors (Lipinski definition) is 4. The van der Waals surface area contributed by atoms with Crippen LogP contribution in [-0.2, 0) is 13.0 Å². The van der Waals surface area contributed by atoms with Crippen molar-refractivity contribution in [1.82, 2.24) is 9.88 Å². The SMILES string of the molecule is O=C(Nc1ccc([N+](=O)[O-])cc1)N(CCc1ccccn1)Cc1ccccc1. The summed E-state index contributed by atoms with van der Waals surface area (Å²) in [5.74, 6) is 0. The smallest absolute Gasteiger partial charge is 0.320 e. The molecule has 142 valence electrons. The number of urea groups is 1. The van der Waals surface area contributed by atoms with Crippen LogP contribution in [0.2, 0.25) is 0 Å². The van der Waals surface area contributed by atoms with E-state index in [0.717, 1.165) is 11.3 Å². The van der Waals surface area contributed by atoms with Crippen molar-refractivity contribution in [3.63, 3.8) is 0 Å². The molecular weight excluding hydrogens is 356 g/mol. The van der Waals surface area contributed by atoms with Crippen LogP contribution in [0.3, 0.4) is 0 Å². The van der Waals surface area contributed by atoms with E-state index in [-0.39, 0.29) is 11.7 Å². The number of nitro benzene ring substituents is 1. The van der Waals surface area contributed by atoms with Crippen LogP contribution in [0, 0.1) is 10.1 Å². The zero-order valence-corrected chi connectivity index (χ0v) is 15.2. The van der Waals surface area contributed by atoms with E-state index in [1.165, 1.54) is 24.3 Å². The van der Waals surface area contributed by atoms with E-state index < -0.39 is 4.92 Å². The van der Waals surface area contributed by atoms with Gasteiger partial charge in [-0.3, -0.25) is 15.1 Å². The normalized spacial score (nSPS) is 10.3. The summed E-state index contributed by atoms with van der Waals surface area (Å²) in [6.45, 7) is 0.942. The predicted octanol–water partition coefficient (Wildman–Crippen LogP) is 4.27. The Hall–Kier alpha value is -3.74. The van der Waals surface area contributed by atoms with E-state index in [1.807, 2.05) is 48.5 Å². The lowest BCUT2D eigenvalue weighted by atomic mass is 10.2. The summed E-state index contributed by atoms with van der Waals surface area (Å²) in [6.07, 6.45) is 2.36. The number of rotatable bonds is 7. The molecule has 2 aromatic carbocycles. The fourth-order valence-corrected chi connectivity index (χ4v) is 2.72. The number of benzene rings is 2. The lowest BCUT2D eigenvalue weighted by molar-refractivity contribution is -0.384. The van der Waals surface area contributed by atoms with Crippen molar-refractivity contribution in [2.45, 2.75) is 13.0 Å². The number of pyridine rings is 1. The minimum Gasteiger partial charge on any atom is -0.320 e. The van der Waals surface area contributed by atoms with Gasteiger partial charge in [0, 0.05) is 49.2 Å². The van der Waals surface area contributed by atoms with Crippen LogP contribution in [0.15, 0.2) is 79.0 Å². The van der Waals surface area contributed by atoms with Gasteiger partial charge in [0.25, 0.3) is 5.69 Å². The van der Waals surface area contributed by atoms with E-state index in [4.69, 9.17) is 0 Å². The van der Waals surface area contributed by atoms with Crippen molar-refractivity contribution in [2.75, 3.05) is 11.9 Å². The topological polar surface area (TPSA) is 88.4 Å². The number of aromatic nitrogens is 1. The molecule has 0 aliphatic heterocycles. The summed E-state index contributed by atoms with van der Waals surface area (Å²) < 4.78 is 0. The molecular formula is C21H20N4O3. The number of carbonyl (C=O) groups is 1. The number of hydrogen-bond donors (Lipinski definition) is 1. The molecule has 0 spiro atoms. The Morgan fingerprint density at radius 3 is 2.36 bits per heavy atom. The van der Waals surface area contributed by atoms with E-state index in [0.29, 0.717) is 25.2 Å². The highest BCUT2D eigenvalue weighted by molar-refractivity contribution is 5.89. The van der Waals surface area contributed by atoms with Crippen molar-refractivity contribution in [1.29, 1.82) is 0 Å². The van der Waals surface area contributed by atoms with Crippen LogP contribution in [0.4, 0.5) is 16.2 Å². The molecule has 3 aromatic rings. The first-order valence-corrected chi connectivity index (χ1v) is 8.86.